The SMILES string of the molecule is O=S(=O)(CC1CCCCN1)NCc1nccs1. The molecule has 2 rings (SSSR count). The lowest BCUT2D eigenvalue weighted by atomic mass is 10.1. The summed E-state index contributed by atoms with van der Waals surface area (Å²) in [5.74, 6) is 0.165. The van der Waals surface area contributed by atoms with Crippen LogP contribution in [0.25, 0.3) is 0 Å². The van der Waals surface area contributed by atoms with Crippen molar-refractivity contribution in [3.63, 3.8) is 0 Å². The number of nitrogens with zero attached hydrogens (tertiary/aromatic N) is 1. The molecule has 2 heterocycles. The normalized spacial score (nSPS) is 21.5. The minimum atomic E-state index is -3.20. The summed E-state index contributed by atoms with van der Waals surface area (Å²) in [6.07, 6.45) is 4.87. The molecule has 7 heteroatoms. The molecule has 1 aromatic rings. The van der Waals surface area contributed by atoms with Gasteiger partial charge in [0.25, 0.3) is 0 Å². The predicted octanol–water partition coefficient (Wildman–Crippen LogP) is 0.705. The standard InChI is InChI=1S/C10H17N3O2S2/c14-17(15,8-9-3-1-2-4-11-9)13-7-10-12-5-6-16-10/h5-6,9,11,13H,1-4,7-8H2. The molecule has 2 N–H and O–H groups in total. The fraction of sp³-hybridized carbons (Fsp3) is 0.700. The molecule has 1 atom stereocenters. The average molecular weight is 275 g/mol. The highest BCUT2D eigenvalue weighted by atomic mass is 32.2. The molecule has 0 radical (unpaired) electrons. The minimum Gasteiger partial charge on any atom is -0.313 e. The first-order chi connectivity index (χ1) is 8.16. The lowest BCUT2D eigenvalue weighted by Crippen LogP contribution is -2.42. The molecule has 1 unspecified atom stereocenters. The van der Waals surface area contributed by atoms with Crippen LogP contribution in [-0.4, -0.2) is 31.7 Å². The van der Waals surface area contributed by atoms with Gasteiger partial charge in [-0.25, -0.2) is 18.1 Å². The van der Waals surface area contributed by atoms with Gasteiger partial charge < -0.3 is 5.32 Å². The highest BCUT2D eigenvalue weighted by Crippen LogP contribution is 2.09. The van der Waals surface area contributed by atoms with Crippen LogP contribution >= 0.6 is 11.3 Å². The number of sulfonamides is 1. The molecule has 0 amide bonds. The highest BCUT2D eigenvalue weighted by molar-refractivity contribution is 7.89. The topological polar surface area (TPSA) is 71.1 Å². The summed E-state index contributed by atoms with van der Waals surface area (Å²) in [6, 6.07) is 0.0949. The number of hydrogen-bond donors (Lipinski definition) is 2. The van der Waals surface area contributed by atoms with Crippen molar-refractivity contribution in [2.45, 2.75) is 31.8 Å². The summed E-state index contributed by atoms with van der Waals surface area (Å²) < 4.78 is 26.2. The zero-order valence-corrected chi connectivity index (χ0v) is 11.2. The number of aromatic nitrogens is 1. The lowest BCUT2D eigenvalue weighted by Gasteiger charge is -2.23. The Morgan fingerprint density at radius 3 is 3.06 bits per heavy atom. The van der Waals surface area contributed by atoms with Crippen LogP contribution in [0.3, 0.4) is 0 Å². The van der Waals surface area contributed by atoms with Crippen molar-refractivity contribution in [2.24, 2.45) is 0 Å². The number of thiazole rings is 1. The van der Waals surface area contributed by atoms with Crippen molar-refractivity contribution in [1.82, 2.24) is 15.0 Å². The molecule has 17 heavy (non-hydrogen) atoms. The van der Waals surface area contributed by atoms with Crippen molar-refractivity contribution >= 4 is 21.4 Å². The molecular weight excluding hydrogens is 258 g/mol. The predicted molar refractivity (Wildman–Crippen MR) is 68.4 cm³/mol. The molecule has 1 fully saturated rings. The molecule has 0 aromatic carbocycles. The van der Waals surface area contributed by atoms with E-state index in [1.807, 2.05) is 5.38 Å². The second-order valence-electron chi connectivity index (χ2n) is 4.18. The van der Waals surface area contributed by atoms with E-state index in [9.17, 15) is 8.42 Å². The van der Waals surface area contributed by atoms with Gasteiger partial charge in [-0.05, 0) is 19.4 Å². The van der Waals surface area contributed by atoms with E-state index in [1.54, 1.807) is 6.20 Å². The molecule has 0 bridgehead atoms. The summed E-state index contributed by atoms with van der Waals surface area (Å²) >= 11 is 1.46. The first-order valence-electron chi connectivity index (χ1n) is 5.75. The quantitative estimate of drug-likeness (QED) is 0.830. The zero-order valence-electron chi connectivity index (χ0n) is 9.55. The molecule has 1 aromatic heterocycles. The number of piperidine rings is 1. The monoisotopic (exact) mass is 275 g/mol. The Balaban J connectivity index is 1.81. The number of rotatable bonds is 5. The van der Waals surface area contributed by atoms with Crippen molar-refractivity contribution in [3.8, 4) is 0 Å². The Hall–Kier alpha value is -0.500. The third kappa shape index (κ3) is 4.34. The van der Waals surface area contributed by atoms with Gasteiger partial charge in [0.15, 0.2) is 0 Å². The molecule has 5 nitrogen and oxygen atoms in total. The maximum Gasteiger partial charge on any atom is 0.213 e. The van der Waals surface area contributed by atoms with E-state index in [-0.39, 0.29) is 11.8 Å². The molecule has 1 aliphatic heterocycles. The van der Waals surface area contributed by atoms with Gasteiger partial charge in [-0.1, -0.05) is 6.42 Å². The maximum absolute atomic E-state index is 11.8. The van der Waals surface area contributed by atoms with Crippen LogP contribution in [0.5, 0.6) is 0 Å². The van der Waals surface area contributed by atoms with Crippen LogP contribution < -0.4 is 10.0 Å². The van der Waals surface area contributed by atoms with Gasteiger partial charge in [-0.15, -0.1) is 11.3 Å². The highest BCUT2D eigenvalue weighted by Gasteiger charge is 2.20. The smallest absolute Gasteiger partial charge is 0.213 e. The van der Waals surface area contributed by atoms with Crippen molar-refractivity contribution < 1.29 is 8.42 Å². The first kappa shape index (κ1) is 12.9. The van der Waals surface area contributed by atoms with Gasteiger partial charge in [0.1, 0.15) is 5.01 Å². The second kappa shape index (κ2) is 5.90. The third-order valence-electron chi connectivity index (χ3n) is 2.76. The Morgan fingerprint density at radius 1 is 1.53 bits per heavy atom. The Morgan fingerprint density at radius 2 is 2.41 bits per heavy atom. The molecule has 0 aliphatic carbocycles. The van der Waals surface area contributed by atoms with E-state index in [2.05, 4.69) is 15.0 Å². The van der Waals surface area contributed by atoms with Crippen LogP contribution in [0, 0.1) is 0 Å². The van der Waals surface area contributed by atoms with Crippen LogP contribution in [-0.2, 0) is 16.6 Å². The lowest BCUT2D eigenvalue weighted by molar-refractivity contribution is 0.422. The maximum atomic E-state index is 11.8. The molecule has 1 aliphatic rings. The van der Waals surface area contributed by atoms with Crippen LogP contribution in [0.4, 0.5) is 0 Å². The third-order valence-corrected chi connectivity index (χ3v) is 4.96. The van der Waals surface area contributed by atoms with E-state index in [0.29, 0.717) is 6.54 Å². The molecule has 0 spiro atoms. The fourth-order valence-electron chi connectivity index (χ4n) is 1.90. The van der Waals surface area contributed by atoms with Gasteiger partial charge in [0, 0.05) is 17.6 Å². The van der Waals surface area contributed by atoms with Gasteiger partial charge in [-0.3, -0.25) is 0 Å². The largest absolute Gasteiger partial charge is 0.313 e. The summed E-state index contributed by atoms with van der Waals surface area (Å²) in [5.41, 5.74) is 0. The zero-order chi connectivity index (χ0) is 12.1. The summed E-state index contributed by atoms with van der Waals surface area (Å²) in [4.78, 5) is 4.04. The molecular formula is C10H17N3O2S2. The van der Waals surface area contributed by atoms with E-state index < -0.39 is 10.0 Å². The van der Waals surface area contributed by atoms with Crippen LogP contribution in [0.2, 0.25) is 0 Å². The summed E-state index contributed by atoms with van der Waals surface area (Å²) in [6.45, 7) is 1.22. The van der Waals surface area contributed by atoms with Gasteiger partial charge in [0.05, 0.1) is 12.3 Å². The Kier molecular flexibility index (Phi) is 4.49. The minimum absolute atomic E-state index is 0.0949. The van der Waals surface area contributed by atoms with E-state index in [1.165, 1.54) is 11.3 Å². The summed E-state index contributed by atoms with van der Waals surface area (Å²) in [7, 11) is -3.20. The van der Waals surface area contributed by atoms with Crippen LogP contribution in [0.1, 0.15) is 24.3 Å². The van der Waals surface area contributed by atoms with Gasteiger partial charge in [-0.2, -0.15) is 0 Å². The van der Waals surface area contributed by atoms with Gasteiger partial charge >= 0.3 is 0 Å². The number of nitrogens with one attached hydrogen (secondary N) is 2. The van der Waals surface area contributed by atoms with E-state index in [4.69, 9.17) is 0 Å². The van der Waals surface area contributed by atoms with Crippen molar-refractivity contribution in [1.29, 1.82) is 0 Å². The number of hydrogen-bond acceptors (Lipinski definition) is 5. The Labute approximate surface area is 106 Å². The first-order valence-corrected chi connectivity index (χ1v) is 8.28. The van der Waals surface area contributed by atoms with Crippen molar-refractivity contribution in [3.05, 3.63) is 16.6 Å². The molecule has 0 saturated carbocycles. The summed E-state index contributed by atoms with van der Waals surface area (Å²) in [5, 5.41) is 5.87. The average Bonchev–Trinajstić information content (AvgIpc) is 2.80. The second-order valence-corrected chi connectivity index (χ2v) is 7.01. The fourth-order valence-corrected chi connectivity index (χ4v) is 3.84. The van der Waals surface area contributed by atoms with Gasteiger partial charge in [0.2, 0.25) is 10.0 Å². The van der Waals surface area contributed by atoms with Crippen LogP contribution in [0.15, 0.2) is 11.6 Å². The van der Waals surface area contributed by atoms with E-state index >= 15 is 0 Å². The van der Waals surface area contributed by atoms with E-state index in [0.717, 1.165) is 30.8 Å². The molecule has 1 saturated heterocycles. The Bertz CT molecular complexity index is 424. The van der Waals surface area contributed by atoms with Crippen molar-refractivity contribution in [2.75, 3.05) is 12.3 Å². The molecule has 96 valence electrons.